The molecular formula is C34H34FN5O5S. The molecule has 1 fully saturated rings. The maximum atomic E-state index is 14.1. The van der Waals surface area contributed by atoms with E-state index < -0.39 is 11.1 Å². The first-order valence-electron chi connectivity index (χ1n) is 14.9. The number of benzene rings is 3. The number of methoxy groups -OCH3 is 2. The van der Waals surface area contributed by atoms with Gasteiger partial charge in [0, 0.05) is 49.8 Å². The molecule has 0 aliphatic carbocycles. The molecule has 10 nitrogen and oxygen atoms in total. The Morgan fingerprint density at radius 2 is 1.63 bits per heavy atom. The van der Waals surface area contributed by atoms with Gasteiger partial charge in [-0.25, -0.2) is 9.07 Å². The molecule has 1 aromatic heterocycles. The second kappa shape index (κ2) is 13.3. The summed E-state index contributed by atoms with van der Waals surface area (Å²) >= 11 is 1.42. The van der Waals surface area contributed by atoms with E-state index in [0.717, 1.165) is 11.1 Å². The van der Waals surface area contributed by atoms with E-state index in [9.17, 15) is 18.8 Å². The zero-order chi connectivity index (χ0) is 32.4. The summed E-state index contributed by atoms with van der Waals surface area (Å²) in [5, 5.41) is 4.61. The number of thioether (sulfide) groups is 1. The number of piperazine rings is 1. The summed E-state index contributed by atoms with van der Waals surface area (Å²) in [5.41, 5.74) is 3.46. The summed E-state index contributed by atoms with van der Waals surface area (Å²) in [7, 11) is 3.18. The fourth-order valence-electron chi connectivity index (χ4n) is 5.89. The van der Waals surface area contributed by atoms with Gasteiger partial charge in [0.05, 0.1) is 36.6 Å². The monoisotopic (exact) mass is 643 g/mol. The molecule has 238 valence electrons. The number of carbonyl (C=O) groups excluding carboxylic acids is 3. The average molecular weight is 644 g/mol. The molecule has 2 aliphatic heterocycles. The maximum absolute atomic E-state index is 14.1. The van der Waals surface area contributed by atoms with Gasteiger partial charge in [0.15, 0.2) is 0 Å². The summed E-state index contributed by atoms with van der Waals surface area (Å²) in [6, 6.07) is 21.0. The molecule has 3 aromatic carbocycles. The Bertz CT molecular complexity index is 1760. The Kier molecular flexibility index (Phi) is 8.98. The van der Waals surface area contributed by atoms with Crippen LogP contribution in [0.1, 0.15) is 23.3 Å². The highest BCUT2D eigenvalue weighted by Crippen LogP contribution is 2.51. The van der Waals surface area contributed by atoms with Gasteiger partial charge in [0.25, 0.3) is 0 Å². The van der Waals surface area contributed by atoms with Gasteiger partial charge >= 0.3 is 0 Å². The molecule has 0 N–H and O–H groups in total. The van der Waals surface area contributed by atoms with E-state index in [4.69, 9.17) is 14.6 Å². The van der Waals surface area contributed by atoms with Crippen LogP contribution in [0.5, 0.6) is 11.5 Å². The predicted octanol–water partition coefficient (Wildman–Crippen LogP) is 4.56. The third kappa shape index (κ3) is 6.04. The molecule has 0 unspecified atom stereocenters. The lowest BCUT2D eigenvalue weighted by molar-refractivity contribution is -0.137. The van der Waals surface area contributed by atoms with Crippen LogP contribution in [-0.2, 0) is 14.4 Å². The number of carbonyl (C=O) groups is 3. The fraction of sp³-hybridized carbons (Fsp3) is 0.294. The van der Waals surface area contributed by atoms with Gasteiger partial charge in [-0.05, 0) is 42.5 Å². The predicted molar refractivity (Wildman–Crippen MR) is 174 cm³/mol. The summed E-state index contributed by atoms with van der Waals surface area (Å²) < 4.78 is 27.1. The largest absolute Gasteiger partial charge is 0.497 e. The molecule has 3 heterocycles. The highest BCUT2D eigenvalue weighted by Gasteiger charge is 2.39. The molecule has 46 heavy (non-hydrogen) atoms. The van der Waals surface area contributed by atoms with E-state index in [1.807, 2.05) is 48.5 Å². The fourth-order valence-corrected chi connectivity index (χ4v) is 7.10. The number of anilines is 1. The van der Waals surface area contributed by atoms with E-state index in [1.54, 1.807) is 40.8 Å². The van der Waals surface area contributed by atoms with Gasteiger partial charge in [-0.3, -0.25) is 19.3 Å². The summed E-state index contributed by atoms with van der Waals surface area (Å²) in [6.45, 7) is 2.89. The molecule has 6 rings (SSSR count). The molecule has 1 atom stereocenters. The number of halogens is 1. The first kappa shape index (κ1) is 31.2. The number of aromatic nitrogens is 2. The lowest BCUT2D eigenvalue weighted by Gasteiger charge is -2.35. The standard InChI is InChI=1S/C34H34FN5O5S/c1-22(41)37-15-17-38(18-16-37)29(42)20-39-30(43)21-46-33(27-19-26(44-2)13-14-28(27)45-3)31-32(23-7-5-4-6-8-23)36-40(34(31)39)25-11-9-24(35)10-12-25/h4-14,19,33H,15-18,20-21H2,1-3H3/t33-/m1/s1. The van der Waals surface area contributed by atoms with Gasteiger partial charge in [-0.2, -0.15) is 5.10 Å². The molecule has 0 spiro atoms. The molecule has 12 heteroatoms. The second-order valence-electron chi connectivity index (χ2n) is 11.0. The second-order valence-corrected chi connectivity index (χ2v) is 12.1. The van der Waals surface area contributed by atoms with Crippen molar-refractivity contribution >= 4 is 35.3 Å². The van der Waals surface area contributed by atoms with Crippen LogP contribution >= 0.6 is 11.8 Å². The first-order valence-corrected chi connectivity index (χ1v) is 16.0. The van der Waals surface area contributed by atoms with Crippen LogP contribution in [0.2, 0.25) is 0 Å². The Balaban J connectivity index is 1.55. The number of nitrogens with zero attached hydrogens (tertiary/aromatic N) is 5. The average Bonchev–Trinajstić information content (AvgIpc) is 3.41. The maximum Gasteiger partial charge on any atom is 0.242 e. The summed E-state index contributed by atoms with van der Waals surface area (Å²) in [4.78, 5) is 44.7. The highest BCUT2D eigenvalue weighted by molar-refractivity contribution is 8.00. The normalized spacial score (nSPS) is 16.6. The highest BCUT2D eigenvalue weighted by atomic mass is 32.2. The first-order chi connectivity index (χ1) is 22.3. The van der Waals surface area contributed by atoms with Gasteiger partial charge in [0.1, 0.15) is 29.7 Å². The van der Waals surface area contributed by atoms with Crippen LogP contribution < -0.4 is 14.4 Å². The van der Waals surface area contributed by atoms with Crippen molar-refractivity contribution in [2.24, 2.45) is 0 Å². The molecule has 2 aliphatic rings. The zero-order valence-corrected chi connectivity index (χ0v) is 26.6. The molecule has 3 amide bonds. The molecule has 0 radical (unpaired) electrons. The lowest BCUT2D eigenvalue weighted by atomic mass is 9.98. The minimum Gasteiger partial charge on any atom is -0.497 e. The van der Waals surface area contributed by atoms with Crippen LogP contribution in [0.3, 0.4) is 0 Å². The van der Waals surface area contributed by atoms with Crippen LogP contribution in [0, 0.1) is 5.82 Å². The Morgan fingerprint density at radius 3 is 2.28 bits per heavy atom. The van der Waals surface area contributed by atoms with Crippen molar-refractivity contribution in [3.8, 4) is 28.4 Å². The van der Waals surface area contributed by atoms with E-state index in [-0.39, 0.29) is 30.0 Å². The molecular weight excluding hydrogens is 609 g/mol. The Hall–Kier alpha value is -4.84. The zero-order valence-electron chi connectivity index (χ0n) is 25.8. The van der Waals surface area contributed by atoms with Gasteiger partial charge in [0.2, 0.25) is 17.7 Å². The molecule has 0 saturated carbocycles. The van der Waals surface area contributed by atoms with Crippen molar-refractivity contribution in [1.82, 2.24) is 19.6 Å². The number of hydrogen-bond donors (Lipinski definition) is 0. The third-order valence-electron chi connectivity index (χ3n) is 8.30. The van der Waals surface area contributed by atoms with Crippen molar-refractivity contribution in [3.05, 3.63) is 89.7 Å². The van der Waals surface area contributed by atoms with Crippen LogP contribution in [-0.4, -0.2) is 90.0 Å². The van der Waals surface area contributed by atoms with Crippen LogP contribution in [0.25, 0.3) is 16.9 Å². The lowest BCUT2D eigenvalue weighted by Crippen LogP contribution is -2.53. The van der Waals surface area contributed by atoms with Crippen molar-refractivity contribution in [3.63, 3.8) is 0 Å². The van der Waals surface area contributed by atoms with E-state index in [0.29, 0.717) is 60.4 Å². The van der Waals surface area contributed by atoms with Crippen molar-refractivity contribution < 1.29 is 28.2 Å². The molecule has 1 saturated heterocycles. The quantitative estimate of drug-likeness (QED) is 0.292. The topological polar surface area (TPSA) is 97.2 Å². The van der Waals surface area contributed by atoms with Gasteiger partial charge < -0.3 is 19.3 Å². The van der Waals surface area contributed by atoms with Crippen LogP contribution in [0.15, 0.2) is 72.8 Å². The van der Waals surface area contributed by atoms with E-state index >= 15 is 0 Å². The van der Waals surface area contributed by atoms with Crippen molar-refractivity contribution in [1.29, 1.82) is 0 Å². The minimum absolute atomic E-state index is 0.0351. The van der Waals surface area contributed by atoms with Gasteiger partial charge in [-0.15, -0.1) is 11.8 Å². The Labute approximate surface area is 270 Å². The van der Waals surface area contributed by atoms with Gasteiger partial charge in [-0.1, -0.05) is 30.3 Å². The summed E-state index contributed by atoms with van der Waals surface area (Å²) in [6.07, 6.45) is 0. The van der Waals surface area contributed by atoms with E-state index in [1.165, 1.54) is 35.7 Å². The van der Waals surface area contributed by atoms with Crippen LogP contribution in [0.4, 0.5) is 10.2 Å². The smallest absolute Gasteiger partial charge is 0.242 e. The number of hydrogen-bond acceptors (Lipinski definition) is 7. The number of amides is 3. The summed E-state index contributed by atoms with van der Waals surface area (Å²) in [5.74, 6) is 0.775. The number of ether oxygens (including phenoxy) is 2. The van der Waals surface area contributed by atoms with E-state index in [2.05, 4.69) is 0 Å². The molecule has 4 aromatic rings. The minimum atomic E-state index is -0.451. The van der Waals surface area contributed by atoms with Crippen molar-refractivity contribution in [2.45, 2.75) is 12.2 Å². The van der Waals surface area contributed by atoms with Crippen molar-refractivity contribution in [2.75, 3.05) is 57.6 Å². The number of rotatable bonds is 7. The SMILES string of the molecule is COc1ccc(OC)c([C@H]2SCC(=O)N(CC(=O)N3CCN(C(C)=O)CC3)c3c2c(-c2ccccc2)nn3-c2ccc(F)cc2)c1. The molecule has 0 bridgehead atoms. The third-order valence-corrected chi connectivity index (χ3v) is 9.53. The Morgan fingerprint density at radius 1 is 0.935 bits per heavy atom. The number of fused-ring (bicyclic) bond motifs is 1.